The van der Waals surface area contributed by atoms with Gasteiger partial charge < -0.3 is 15.4 Å². The van der Waals surface area contributed by atoms with Crippen LogP contribution in [-0.4, -0.2) is 31.1 Å². The van der Waals surface area contributed by atoms with Gasteiger partial charge in [-0.25, -0.2) is 9.59 Å². The van der Waals surface area contributed by atoms with E-state index in [1.807, 2.05) is 30.3 Å². The molecule has 3 N–H and O–H groups in total. The molecule has 2 rings (SSSR count). The Morgan fingerprint density at radius 2 is 1.60 bits per heavy atom. The molecular weight excluding hydrogens is 322 g/mol. The average Bonchev–Trinajstić information content (AvgIpc) is 2.62. The van der Waals surface area contributed by atoms with Crippen molar-refractivity contribution in [2.24, 2.45) is 0 Å². The fourth-order valence-corrected chi connectivity index (χ4v) is 2.00. The van der Waals surface area contributed by atoms with E-state index >= 15 is 0 Å². The quantitative estimate of drug-likeness (QED) is 0.726. The normalized spacial score (nSPS) is 11.1. The smallest absolute Gasteiger partial charge is 0.341 e. The molecule has 0 aliphatic carbocycles. The molecule has 0 bridgehead atoms. The predicted molar refractivity (Wildman–Crippen MR) is 93.6 cm³/mol. The zero-order valence-corrected chi connectivity index (χ0v) is 13.9. The average molecular weight is 341 g/mol. The molecule has 2 aromatic rings. The second kappa shape index (κ2) is 8.49. The summed E-state index contributed by atoms with van der Waals surface area (Å²) in [6.07, 6.45) is -1.12. The maximum Gasteiger partial charge on any atom is 0.341 e. The first kappa shape index (κ1) is 18.0. The van der Waals surface area contributed by atoms with Crippen LogP contribution in [0.1, 0.15) is 17.3 Å². The van der Waals surface area contributed by atoms with Gasteiger partial charge >= 0.3 is 12.0 Å². The number of rotatable bonds is 5. The number of para-hydroxylation sites is 2. The number of anilines is 2. The molecule has 7 nitrogen and oxygen atoms in total. The third kappa shape index (κ3) is 5.07. The molecule has 0 aliphatic rings. The minimum atomic E-state index is -1.12. The Balaban J connectivity index is 2.09. The Labute approximate surface area is 145 Å². The first-order chi connectivity index (χ1) is 12.0. The van der Waals surface area contributed by atoms with Gasteiger partial charge in [0.25, 0.3) is 5.91 Å². The molecule has 25 heavy (non-hydrogen) atoms. The summed E-state index contributed by atoms with van der Waals surface area (Å²) in [5.74, 6) is -1.38. The number of nitrogens with one attached hydrogen (secondary N) is 3. The molecule has 0 fully saturated rings. The fraction of sp³-hybridized carbons (Fsp3) is 0.167. The minimum Gasteiger partial charge on any atom is -0.449 e. The van der Waals surface area contributed by atoms with Crippen LogP contribution < -0.4 is 16.0 Å². The summed E-state index contributed by atoms with van der Waals surface area (Å²) in [4.78, 5) is 35.3. The highest BCUT2D eigenvalue weighted by Gasteiger charge is 2.22. The number of carbonyl (C=O) groups is 3. The van der Waals surface area contributed by atoms with E-state index in [2.05, 4.69) is 16.0 Å². The molecule has 130 valence electrons. The Morgan fingerprint density at radius 1 is 0.960 bits per heavy atom. The van der Waals surface area contributed by atoms with Gasteiger partial charge in [0.1, 0.15) is 0 Å². The van der Waals surface area contributed by atoms with Gasteiger partial charge in [0.05, 0.1) is 11.3 Å². The predicted octanol–water partition coefficient (Wildman–Crippen LogP) is 2.43. The van der Waals surface area contributed by atoms with Gasteiger partial charge in [0.2, 0.25) is 0 Å². The number of benzene rings is 2. The van der Waals surface area contributed by atoms with Crippen LogP contribution in [0.5, 0.6) is 0 Å². The van der Waals surface area contributed by atoms with Crippen molar-refractivity contribution in [1.82, 2.24) is 10.6 Å². The van der Waals surface area contributed by atoms with Crippen molar-refractivity contribution in [3.8, 4) is 0 Å². The molecule has 0 spiro atoms. The molecule has 3 amide bonds. The van der Waals surface area contributed by atoms with Crippen LogP contribution in [0.15, 0.2) is 54.6 Å². The number of hydrogen-bond donors (Lipinski definition) is 3. The van der Waals surface area contributed by atoms with Crippen molar-refractivity contribution in [3.63, 3.8) is 0 Å². The molecule has 0 aromatic heterocycles. The zero-order chi connectivity index (χ0) is 18.2. The number of carbonyl (C=O) groups excluding carboxylic acids is 3. The zero-order valence-electron chi connectivity index (χ0n) is 13.9. The summed E-state index contributed by atoms with van der Waals surface area (Å²) < 4.78 is 5.15. The van der Waals surface area contributed by atoms with Crippen LogP contribution in [0.3, 0.4) is 0 Å². The largest absolute Gasteiger partial charge is 0.449 e. The molecule has 0 heterocycles. The lowest BCUT2D eigenvalue weighted by atomic mass is 10.1. The van der Waals surface area contributed by atoms with E-state index in [1.165, 1.54) is 14.0 Å². The third-order valence-electron chi connectivity index (χ3n) is 3.32. The van der Waals surface area contributed by atoms with E-state index in [1.54, 1.807) is 24.3 Å². The highest BCUT2D eigenvalue weighted by molar-refractivity contribution is 6.00. The van der Waals surface area contributed by atoms with E-state index < -0.39 is 24.0 Å². The molecule has 0 saturated carbocycles. The molecule has 0 unspecified atom stereocenters. The summed E-state index contributed by atoms with van der Waals surface area (Å²) in [7, 11) is 1.38. The van der Waals surface area contributed by atoms with Crippen molar-refractivity contribution >= 4 is 29.3 Å². The van der Waals surface area contributed by atoms with Gasteiger partial charge in [0.15, 0.2) is 6.10 Å². The number of urea groups is 1. The first-order valence-electron chi connectivity index (χ1n) is 7.66. The lowest BCUT2D eigenvalue weighted by Gasteiger charge is -2.15. The summed E-state index contributed by atoms with van der Waals surface area (Å²) >= 11 is 0. The van der Waals surface area contributed by atoms with E-state index in [0.29, 0.717) is 5.69 Å². The lowest BCUT2D eigenvalue weighted by Crippen LogP contribution is -2.43. The molecule has 0 saturated heterocycles. The van der Waals surface area contributed by atoms with Crippen LogP contribution in [0, 0.1) is 0 Å². The van der Waals surface area contributed by atoms with Gasteiger partial charge in [-0.1, -0.05) is 30.3 Å². The van der Waals surface area contributed by atoms with Crippen molar-refractivity contribution in [1.29, 1.82) is 0 Å². The minimum absolute atomic E-state index is 0.283. The monoisotopic (exact) mass is 341 g/mol. The van der Waals surface area contributed by atoms with E-state index in [9.17, 15) is 14.4 Å². The van der Waals surface area contributed by atoms with Gasteiger partial charge in [0, 0.05) is 12.7 Å². The number of esters is 1. The summed E-state index contributed by atoms with van der Waals surface area (Å²) in [6, 6.07) is 15.5. The number of hydrogen-bond acceptors (Lipinski definition) is 5. The highest BCUT2D eigenvalue weighted by Crippen LogP contribution is 2.21. The standard InChI is InChI=1S/C18H19N3O4/c1-12(16(22)21-18(24)19-2)25-17(23)14-10-6-7-11-15(14)20-13-8-4-3-5-9-13/h3-12,20H,1-2H3,(H2,19,21,22,24)/t12-/m0/s1. The Kier molecular flexibility index (Phi) is 6.11. The van der Waals surface area contributed by atoms with Crippen LogP contribution in [0.4, 0.5) is 16.2 Å². The summed E-state index contributed by atoms with van der Waals surface area (Å²) in [5, 5.41) is 7.44. The van der Waals surface area contributed by atoms with Gasteiger partial charge in [-0.05, 0) is 31.2 Å². The highest BCUT2D eigenvalue weighted by atomic mass is 16.5. The number of amides is 3. The van der Waals surface area contributed by atoms with E-state index in [4.69, 9.17) is 4.74 Å². The Bertz CT molecular complexity index is 762. The van der Waals surface area contributed by atoms with Crippen LogP contribution >= 0.6 is 0 Å². The van der Waals surface area contributed by atoms with Crippen molar-refractivity contribution < 1.29 is 19.1 Å². The van der Waals surface area contributed by atoms with Crippen molar-refractivity contribution in [3.05, 3.63) is 60.2 Å². The Morgan fingerprint density at radius 3 is 2.28 bits per heavy atom. The van der Waals surface area contributed by atoms with Gasteiger partial charge in [-0.3, -0.25) is 10.1 Å². The van der Waals surface area contributed by atoms with Crippen LogP contribution in [-0.2, 0) is 9.53 Å². The number of ether oxygens (including phenoxy) is 1. The van der Waals surface area contributed by atoms with Crippen molar-refractivity contribution in [2.45, 2.75) is 13.0 Å². The van der Waals surface area contributed by atoms with Crippen LogP contribution in [0.2, 0.25) is 0 Å². The lowest BCUT2D eigenvalue weighted by molar-refractivity contribution is -0.127. The maximum atomic E-state index is 12.4. The molecule has 0 radical (unpaired) electrons. The van der Waals surface area contributed by atoms with E-state index in [-0.39, 0.29) is 5.56 Å². The maximum absolute atomic E-state index is 12.4. The molecule has 2 aromatic carbocycles. The molecular formula is C18H19N3O4. The Hall–Kier alpha value is -3.35. The number of imide groups is 1. The fourth-order valence-electron chi connectivity index (χ4n) is 2.00. The second-order valence-corrected chi connectivity index (χ2v) is 5.15. The van der Waals surface area contributed by atoms with Crippen LogP contribution in [0.25, 0.3) is 0 Å². The van der Waals surface area contributed by atoms with Crippen molar-refractivity contribution in [2.75, 3.05) is 12.4 Å². The van der Waals surface area contributed by atoms with Gasteiger partial charge in [-0.2, -0.15) is 0 Å². The molecule has 1 atom stereocenters. The van der Waals surface area contributed by atoms with E-state index in [0.717, 1.165) is 5.69 Å². The SMILES string of the molecule is CNC(=O)NC(=O)[C@H](C)OC(=O)c1ccccc1Nc1ccccc1. The topological polar surface area (TPSA) is 96.5 Å². The van der Waals surface area contributed by atoms with Gasteiger partial charge in [-0.15, -0.1) is 0 Å². The third-order valence-corrected chi connectivity index (χ3v) is 3.32. The molecule has 0 aliphatic heterocycles. The second-order valence-electron chi connectivity index (χ2n) is 5.15. The first-order valence-corrected chi connectivity index (χ1v) is 7.66. The summed E-state index contributed by atoms with van der Waals surface area (Å²) in [5.41, 5.74) is 1.65. The molecule has 7 heteroatoms. The summed E-state index contributed by atoms with van der Waals surface area (Å²) in [6.45, 7) is 1.39.